The first kappa shape index (κ1) is 27.6. The first-order chi connectivity index (χ1) is 17.9. The van der Waals surface area contributed by atoms with Gasteiger partial charge < -0.3 is 15.2 Å². The number of carbonyl (C=O) groups is 2. The van der Waals surface area contributed by atoms with E-state index in [-0.39, 0.29) is 11.8 Å². The molecule has 1 amide bonds. The Kier molecular flexibility index (Phi) is 7.53. The molecule has 0 spiro atoms. The molecule has 1 unspecified atom stereocenters. The van der Waals surface area contributed by atoms with Crippen LogP contribution in [-0.2, 0) is 27.0 Å². The van der Waals surface area contributed by atoms with E-state index in [4.69, 9.17) is 4.74 Å². The number of amides is 1. The third-order valence-electron chi connectivity index (χ3n) is 8.06. The lowest BCUT2D eigenvalue weighted by Crippen LogP contribution is -2.56. The minimum absolute atomic E-state index is 0.259. The molecule has 200 valence electrons. The van der Waals surface area contributed by atoms with Crippen molar-refractivity contribution in [3.8, 4) is 0 Å². The van der Waals surface area contributed by atoms with Crippen molar-refractivity contribution in [3.05, 3.63) is 106 Å². The van der Waals surface area contributed by atoms with Gasteiger partial charge in [-0.25, -0.2) is 4.79 Å². The Morgan fingerprint density at radius 3 is 2.11 bits per heavy atom. The molecule has 1 aliphatic carbocycles. The number of methoxy groups -OCH3 is 1. The van der Waals surface area contributed by atoms with Crippen molar-refractivity contribution in [2.45, 2.75) is 76.9 Å². The molecule has 1 aliphatic rings. The number of carbonyl (C=O) groups excluding carboxylic acids is 2. The predicted octanol–water partition coefficient (Wildman–Crippen LogP) is 5.97. The number of fused-ring (bicyclic) bond motifs is 1. The quantitative estimate of drug-likeness (QED) is 0.364. The van der Waals surface area contributed by atoms with E-state index in [1.54, 1.807) is 12.1 Å². The van der Waals surface area contributed by atoms with E-state index in [0.717, 1.165) is 22.3 Å². The Hall–Kier alpha value is -3.44. The van der Waals surface area contributed by atoms with Gasteiger partial charge in [-0.05, 0) is 57.3 Å². The highest BCUT2D eigenvalue weighted by Crippen LogP contribution is 2.60. The van der Waals surface area contributed by atoms with Gasteiger partial charge in [0.1, 0.15) is 11.6 Å². The van der Waals surface area contributed by atoms with Gasteiger partial charge in [0.05, 0.1) is 7.11 Å². The first-order valence-electron chi connectivity index (χ1n) is 13.4. The first-order valence-corrected chi connectivity index (χ1v) is 13.4. The smallest absolute Gasteiger partial charge is 0.328 e. The van der Waals surface area contributed by atoms with E-state index in [2.05, 4.69) is 59.0 Å². The summed E-state index contributed by atoms with van der Waals surface area (Å²) >= 11 is 0. The van der Waals surface area contributed by atoms with Crippen LogP contribution in [0.4, 0.5) is 0 Å². The molecule has 0 fully saturated rings. The number of ether oxygens (including phenoxy) is 1. The molecule has 4 rings (SSSR count). The van der Waals surface area contributed by atoms with Crippen LogP contribution in [0, 0.1) is 0 Å². The van der Waals surface area contributed by atoms with Gasteiger partial charge in [0, 0.05) is 17.4 Å². The number of aliphatic hydroxyl groups is 1. The third kappa shape index (κ3) is 4.64. The molecule has 0 radical (unpaired) electrons. The average molecular weight is 514 g/mol. The van der Waals surface area contributed by atoms with E-state index in [0.29, 0.717) is 17.9 Å². The molecule has 5 nitrogen and oxygen atoms in total. The molecule has 3 aromatic rings. The van der Waals surface area contributed by atoms with Crippen molar-refractivity contribution < 1.29 is 19.4 Å². The molecule has 0 aliphatic heterocycles. The standard InChI is InChI=1S/C33H39NO4/c1-20(2)24-18-26(21(3)4)29-27(19-24)32(5,6)33(29,37)25-15-13-23(14-16-25)30(35)34-28(31(36)38-7)17-22-11-9-8-10-12-22/h8-16,18-21,28,37H,17H2,1-7H3,(H,34,35)/t28-,33?/m0/s1. The zero-order chi connectivity index (χ0) is 27.8. The van der Waals surface area contributed by atoms with E-state index in [9.17, 15) is 14.7 Å². The van der Waals surface area contributed by atoms with Gasteiger partial charge in [0.15, 0.2) is 0 Å². The van der Waals surface area contributed by atoms with Crippen LogP contribution in [0.3, 0.4) is 0 Å². The number of esters is 1. The normalized spacial score (nSPS) is 18.5. The predicted molar refractivity (Wildman–Crippen MR) is 151 cm³/mol. The number of hydrogen-bond acceptors (Lipinski definition) is 4. The Balaban J connectivity index is 1.63. The molecular formula is C33H39NO4. The Bertz CT molecular complexity index is 1310. The number of rotatable bonds is 8. The van der Waals surface area contributed by atoms with E-state index in [1.807, 2.05) is 42.5 Å². The Labute approximate surface area is 226 Å². The van der Waals surface area contributed by atoms with Crippen molar-refractivity contribution in [2.75, 3.05) is 7.11 Å². The SMILES string of the molecule is COC(=O)[C@H](Cc1ccccc1)NC(=O)c1ccc(C2(O)c3c(C(C)C)cc(C(C)C)cc3C2(C)C)cc1. The van der Waals surface area contributed by atoms with Crippen LogP contribution in [0.1, 0.15) is 97.1 Å². The molecule has 0 saturated carbocycles. The Morgan fingerprint density at radius 2 is 1.55 bits per heavy atom. The van der Waals surface area contributed by atoms with Gasteiger partial charge in [-0.1, -0.05) is 96.1 Å². The van der Waals surface area contributed by atoms with Crippen molar-refractivity contribution >= 4 is 11.9 Å². The van der Waals surface area contributed by atoms with Gasteiger partial charge in [0.2, 0.25) is 0 Å². The summed E-state index contributed by atoms with van der Waals surface area (Å²) in [5.41, 5.74) is 5.03. The van der Waals surface area contributed by atoms with Crippen LogP contribution in [0.15, 0.2) is 66.7 Å². The molecule has 2 atom stereocenters. The highest BCUT2D eigenvalue weighted by Gasteiger charge is 2.59. The Morgan fingerprint density at radius 1 is 0.921 bits per heavy atom. The molecule has 0 heterocycles. The summed E-state index contributed by atoms with van der Waals surface area (Å²) < 4.78 is 4.93. The van der Waals surface area contributed by atoms with Crippen LogP contribution in [-0.4, -0.2) is 30.1 Å². The zero-order valence-electron chi connectivity index (χ0n) is 23.5. The molecular weight excluding hydrogens is 474 g/mol. The molecule has 0 bridgehead atoms. The summed E-state index contributed by atoms with van der Waals surface area (Å²) in [6.07, 6.45) is 0.332. The molecule has 0 saturated heterocycles. The fourth-order valence-corrected chi connectivity index (χ4v) is 5.61. The van der Waals surface area contributed by atoms with Gasteiger partial charge in [0.25, 0.3) is 5.91 Å². The molecule has 0 aromatic heterocycles. The number of nitrogens with one attached hydrogen (secondary N) is 1. The minimum atomic E-state index is -1.17. The summed E-state index contributed by atoms with van der Waals surface area (Å²) in [7, 11) is 1.32. The maximum Gasteiger partial charge on any atom is 0.328 e. The van der Waals surface area contributed by atoms with Crippen LogP contribution in [0.5, 0.6) is 0 Å². The van der Waals surface area contributed by atoms with Crippen LogP contribution in [0.2, 0.25) is 0 Å². The van der Waals surface area contributed by atoms with Crippen molar-refractivity contribution in [2.24, 2.45) is 0 Å². The summed E-state index contributed by atoms with van der Waals surface area (Å²) in [6.45, 7) is 12.9. The van der Waals surface area contributed by atoms with Gasteiger partial charge in [-0.3, -0.25) is 4.79 Å². The van der Waals surface area contributed by atoms with Gasteiger partial charge in [-0.15, -0.1) is 0 Å². The number of hydrogen-bond donors (Lipinski definition) is 2. The summed E-state index contributed by atoms with van der Waals surface area (Å²) in [4.78, 5) is 25.5. The third-order valence-corrected chi connectivity index (χ3v) is 8.06. The lowest BCUT2D eigenvalue weighted by Gasteiger charge is -2.56. The zero-order valence-corrected chi connectivity index (χ0v) is 23.5. The van der Waals surface area contributed by atoms with Gasteiger partial charge >= 0.3 is 5.97 Å². The monoisotopic (exact) mass is 513 g/mol. The van der Waals surface area contributed by atoms with Crippen molar-refractivity contribution in [3.63, 3.8) is 0 Å². The fourth-order valence-electron chi connectivity index (χ4n) is 5.61. The second kappa shape index (κ2) is 10.4. The molecule has 38 heavy (non-hydrogen) atoms. The van der Waals surface area contributed by atoms with Crippen LogP contribution < -0.4 is 5.32 Å². The summed E-state index contributed by atoms with van der Waals surface area (Å²) in [5, 5.41) is 15.0. The fraction of sp³-hybridized carbons (Fsp3) is 0.394. The molecule has 3 aromatic carbocycles. The average Bonchev–Trinajstić information content (AvgIpc) is 2.91. The van der Waals surface area contributed by atoms with Crippen molar-refractivity contribution in [1.29, 1.82) is 0 Å². The highest BCUT2D eigenvalue weighted by molar-refractivity contribution is 5.97. The maximum atomic E-state index is 13.1. The largest absolute Gasteiger partial charge is 0.467 e. The second-order valence-electron chi connectivity index (χ2n) is 11.5. The highest BCUT2D eigenvalue weighted by atomic mass is 16.5. The van der Waals surface area contributed by atoms with Crippen LogP contribution >= 0.6 is 0 Å². The van der Waals surface area contributed by atoms with Crippen molar-refractivity contribution in [1.82, 2.24) is 5.32 Å². The van der Waals surface area contributed by atoms with Gasteiger partial charge in [-0.2, -0.15) is 0 Å². The van der Waals surface area contributed by atoms with E-state index in [1.165, 1.54) is 18.2 Å². The lowest BCUT2D eigenvalue weighted by atomic mass is 9.50. The number of benzene rings is 3. The lowest BCUT2D eigenvalue weighted by molar-refractivity contribution is -0.142. The molecule has 2 N–H and O–H groups in total. The molecule has 5 heteroatoms. The topological polar surface area (TPSA) is 75.6 Å². The second-order valence-corrected chi connectivity index (χ2v) is 11.5. The maximum absolute atomic E-state index is 13.1. The summed E-state index contributed by atoms with van der Waals surface area (Å²) in [6, 6.07) is 20.2. The summed E-state index contributed by atoms with van der Waals surface area (Å²) in [5.74, 6) is -0.207. The van der Waals surface area contributed by atoms with E-state index < -0.39 is 23.0 Å². The van der Waals surface area contributed by atoms with Crippen LogP contribution in [0.25, 0.3) is 0 Å². The van der Waals surface area contributed by atoms with E-state index >= 15 is 0 Å². The minimum Gasteiger partial charge on any atom is -0.467 e.